The van der Waals surface area contributed by atoms with Crippen molar-refractivity contribution in [3.05, 3.63) is 80.8 Å². The lowest BCUT2D eigenvalue weighted by atomic mass is 10.0. The largest absolute Gasteiger partial charge is 0.408 e. The van der Waals surface area contributed by atoms with Gasteiger partial charge in [-0.15, -0.1) is 0 Å². The van der Waals surface area contributed by atoms with Crippen LogP contribution >= 0.6 is 0 Å². The number of hydrogen-bond acceptors (Lipinski definition) is 5. The first-order chi connectivity index (χ1) is 16.7. The van der Waals surface area contributed by atoms with Crippen LogP contribution in [0.25, 0.3) is 27.8 Å². The third-order valence-corrected chi connectivity index (χ3v) is 6.14. The summed E-state index contributed by atoms with van der Waals surface area (Å²) in [6.07, 6.45) is 0.0147. The molecule has 0 radical (unpaired) electrons. The first-order valence-corrected chi connectivity index (χ1v) is 10.6. The Hall–Kier alpha value is -4.29. The first-order valence-electron chi connectivity index (χ1n) is 10.6. The van der Waals surface area contributed by atoms with Gasteiger partial charge in [-0.2, -0.15) is 23.4 Å². The van der Waals surface area contributed by atoms with Crippen LogP contribution in [0.1, 0.15) is 29.5 Å². The number of benzene rings is 1. The minimum atomic E-state index is -4.49. The fourth-order valence-electron chi connectivity index (χ4n) is 4.49. The Bertz CT molecular complexity index is 1730. The van der Waals surface area contributed by atoms with Crippen LogP contribution in [0.4, 0.5) is 17.6 Å². The molecule has 0 aliphatic heterocycles. The minimum absolute atomic E-state index is 0.0214. The molecule has 1 aromatic carbocycles. The van der Waals surface area contributed by atoms with E-state index in [1.54, 1.807) is 22.8 Å². The third-order valence-electron chi connectivity index (χ3n) is 6.14. The van der Waals surface area contributed by atoms with Crippen molar-refractivity contribution in [2.45, 2.75) is 31.0 Å². The Balaban J connectivity index is 1.41. The zero-order valence-corrected chi connectivity index (χ0v) is 17.7. The number of halogens is 4. The molecular formula is C22H15F4N7O2. The average Bonchev–Trinajstić information content (AvgIpc) is 3.26. The second-order valence-electron chi connectivity index (χ2n) is 8.45. The second-order valence-corrected chi connectivity index (χ2v) is 8.45. The lowest BCUT2D eigenvalue weighted by Crippen LogP contribution is -2.23. The van der Waals surface area contributed by atoms with Gasteiger partial charge in [-0.3, -0.25) is 14.5 Å². The lowest BCUT2D eigenvalue weighted by Gasteiger charge is -2.10. The highest BCUT2D eigenvalue weighted by Gasteiger charge is 2.42. The normalized spacial score (nSPS) is 17.9. The predicted octanol–water partition coefficient (Wildman–Crippen LogP) is 3.10. The zero-order chi connectivity index (χ0) is 24.5. The SMILES string of the molecule is O=c1[nH]cc(-c2cc([C@H]3C[C@@H]3c3cc(F)c4cnn(CC(F)(F)F)c4c3)n3nccc3n2)c(=O)[nH]1. The zero-order valence-electron chi connectivity index (χ0n) is 17.7. The van der Waals surface area contributed by atoms with Gasteiger partial charge in [-0.1, -0.05) is 0 Å². The number of aromatic nitrogens is 7. The Labute approximate surface area is 192 Å². The van der Waals surface area contributed by atoms with E-state index in [1.807, 2.05) is 0 Å². The number of nitrogens with zero attached hydrogens (tertiary/aromatic N) is 5. The molecule has 35 heavy (non-hydrogen) atoms. The van der Waals surface area contributed by atoms with Gasteiger partial charge < -0.3 is 4.98 Å². The Kier molecular flexibility index (Phi) is 4.47. The molecule has 1 saturated carbocycles. The van der Waals surface area contributed by atoms with Gasteiger partial charge in [0, 0.05) is 18.2 Å². The molecule has 1 aliphatic carbocycles. The van der Waals surface area contributed by atoms with Crippen LogP contribution in [0.3, 0.4) is 0 Å². The fraction of sp³-hybridized carbons (Fsp3) is 0.227. The summed E-state index contributed by atoms with van der Waals surface area (Å²) in [6, 6.07) is 6.19. The molecule has 2 atom stereocenters. The topological polar surface area (TPSA) is 114 Å². The number of aromatic amines is 2. The van der Waals surface area contributed by atoms with E-state index >= 15 is 0 Å². The third kappa shape index (κ3) is 3.68. The van der Waals surface area contributed by atoms with Gasteiger partial charge in [0.05, 0.1) is 40.2 Å². The van der Waals surface area contributed by atoms with Gasteiger partial charge in [0.1, 0.15) is 12.4 Å². The monoisotopic (exact) mass is 485 g/mol. The summed E-state index contributed by atoms with van der Waals surface area (Å²) in [7, 11) is 0. The van der Waals surface area contributed by atoms with Gasteiger partial charge in [-0.25, -0.2) is 18.7 Å². The lowest BCUT2D eigenvalue weighted by molar-refractivity contribution is -0.141. The molecule has 2 N–H and O–H groups in total. The molecule has 0 spiro atoms. The van der Waals surface area contributed by atoms with Gasteiger partial charge >= 0.3 is 11.9 Å². The quantitative estimate of drug-likeness (QED) is 0.380. The van der Waals surface area contributed by atoms with Crippen LogP contribution in [0.2, 0.25) is 0 Å². The molecular weight excluding hydrogens is 470 g/mol. The van der Waals surface area contributed by atoms with E-state index in [1.165, 1.54) is 18.3 Å². The molecule has 4 aromatic heterocycles. The van der Waals surface area contributed by atoms with Crippen molar-refractivity contribution in [3.8, 4) is 11.3 Å². The van der Waals surface area contributed by atoms with Crippen molar-refractivity contribution >= 4 is 16.6 Å². The molecule has 0 unspecified atom stereocenters. The molecule has 6 rings (SSSR count). The summed E-state index contributed by atoms with van der Waals surface area (Å²) in [5, 5.41) is 8.02. The van der Waals surface area contributed by atoms with Crippen LogP contribution < -0.4 is 11.2 Å². The maximum Gasteiger partial charge on any atom is 0.408 e. The average molecular weight is 485 g/mol. The predicted molar refractivity (Wildman–Crippen MR) is 116 cm³/mol. The van der Waals surface area contributed by atoms with E-state index in [0.29, 0.717) is 29.0 Å². The van der Waals surface area contributed by atoms with E-state index in [9.17, 15) is 27.2 Å². The molecule has 5 aromatic rings. The smallest absolute Gasteiger partial charge is 0.313 e. The van der Waals surface area contributed by atoms with Crippen LogP contribution in [0.5, 0.6) is 0 Å². The summed E-state index contributed by atoms with van der Waals surface area (Å²) < 4.78 is 55.9. The summed E-state index contributed by atoms with van der Waals surface area (Å²) in [4.78, 5) is 32.7. The number of alkyl halides is 3. The Morgan fingerprint density at radius 1 is 1.11 bits per heavy atom. The van der Waals surface area contributed by atoms with Crippen molar-refractivity contribution < 1.29 is 17.6 Å². The molecule has 1 fully saturated rings. The first kappa shape index (κ1) is 21.3. The van der Waals surface area contributed by atoms with Crippen LogP contribution in [-0.4, -0.2) is 40.5 Å². The standard InChI is InChI=1S/C22H15F4N7O2/c23-15-3-10(4-17-13(15)8-29-32(17)9-22(24,25)26)11-5-12(11)18-6-16(30-19-1-2-28-33(18)19)14-7-27-21(35)31-20(14)34/h1-4,6-8,11-12H,5,9H2,(H2,27,31,34,35)/t11-,12+/m1/s1. The van der Waals surface area contributed by atoms with Crippen molar-refractivity contribution in [2.24, 2.45) is 0 Å². The number of fused-ring (bicyclic) bond motifs is 2. The molecule has 9 nitrogen and oxygen atoms in total. The van der Waals surface area contributed by atoms with Gasteiger partial charge in [0.2, 0.25) is 0 Å². The highest BCUT2D eigenvalue weighted by atomic mass is 19.4. The summed E-state index contributed by atoms with van der Waals surface area (Å²) >= 11 is 0. The molecule has 13 heteroatoms. The van der Waals surface area contributed by atoms with Crippen LogP contribution in [0.15, 0.2) is 52.4 Å². The minimum Gasteiger partial charge on any atom is -0.313 e. The highest BCUT2D eigenvalue weighted by Crippen LogP contribution is 2.55. The number of nitrogens with one attached hydrogen (secondary N) is 2. The molecule has 0 bridgehead atoms. The maximum atomic E-state index is 14.7. The van der Waals surface area contributed by atoms with Gasteiger partial charge in [0.25, 0.3) is 5.56 Å². The van der Waals surface area contributed by atoms with Crippen molar-refractivity contribution in [2.75, 3.05) is 0 Å². The number of rotatable bonds is 4. The van der Waals surface area contributed by atoms with Crippen molar-refractivity contribution in [1.29, 1.82) is 0 Å². The molecule has 4 heterocycles. The maximum absolute atomic E-state index is 14.7. The van der Waals surface area contributed by atoms with E-state index < -0.39 is 29.8 Å². The second kappa shape index (κ2) is 7.35. The molecule has 1 aliphatic rings. The summed E-state index contributed by atoms with van der Waals surface area (Å²) in [5.74, 6) is -0.965. The van der Waals surface area contributed by atoms with Crippen LogP contribution in [0, 0.1) is 5.82 Å². The van der Waals surface area contributed by atoms with E-state index in [4.69, 9.17) is 0 Å². The van der Waals surface area contributed by atoms with Crippen molar-refractivity contribution in [3.63, 3.8) is 0 Å². The highest BCUT2D eigenvalue weighted by molar-refractivity contribution is 5.80. The Morgan fingerprint density at radius 3 is 2.71 bits per heavy atom. The molecule has 0 amide bonds. The van der Waals surface area contributed by atoms with E-state index in [2.05, 4.69) is 25.1 Å². The summed E-state index contributed by atoms with van der Waals surface area (Å²) in [5.41, 5.74) is 1.03. The van der Waals surface area contributed by atoms with Gasteiger partial charge in [0.15, 0.2) is 5.65 Å². The number of H-pyrrole nitrogens is 2. The fourth-order valence-corrected chi connectivity index (χ4v) is 4.49. The summed E-state index contributed by atoms with van der Waals surface area (Å²) in [6.45, 7) is -1.32. The van der Waals surface area contributed by atoms with Crippen LogP contribution in [-0.2, 0) is 6.54 Å². The van der Waals surface area contributed by atoms with E-state index in [0.717, 1.165) is 10.9 Å². The molecule has 0 saturated heterocycles. The Morgan fingerprint density at radius 2 is 1.94 bits per heavy atom. The van der Waals surface area contributed by atoms with E-state index in [-0.39, 0.29) is 28.3 Å². The van der Waals surface area contributed by atoms with Gasteiger partial charge in [-0.05, 0) is 36.1 Å². The van der Waals surface area contributed by atoms with Crippen molar-refractivity contribution in [1.82, 2.24) is 34.3 Å². The number of hydrogen-bond donors (Lipinski definition) is 2. The molecule has 178 valence electrons.